The van der Waals surface area contributed by atoms with Crippen molar-refractivity contribution in [1.82, 2.24) is 4.72 Å². The van der Waals surface area contributed by atoms with Gasteiger partial charge in [-0.1, -0.05) is 23.8 Å². The molecular weight excluding hydrogens is 370 g/mol. The van der Waals surface area contributed by atoms with E-state index in [1.165, 1.54) is 24.3 Å². The number of amides is 1. The van der Waals surface area contributed by atoms with Gasteiger partial charge >= 0.3 is 0 Å². The van der Waals surface area contributed by atoms with Gasteiger partial charge in [-0.25, -0.2) is 13.1 Å². The molecule has 0 aromatic heterocycles. The minimum absolute atomic E-state index is 0.0875. The van der Waals surface area contributed by atoms with Gasteiger partial charge in [0.25, 0.3) is 5.69 Å². The van der Waals surface area contributed by atoms with Crippen LogP contribution in [0, 0.1) is 30.9 Å². The van der Waals surface area contributed by atoms with Crippen molar-refractivity contribution in [2.24, 2.45) is 0 Å². The summed E-state index contributed by atoms with van der Waals surface area (Å²) in [5.74, 6) is -0.449. The van der Waals surface area contributed by atoms with E-state index in [1.807, 2.05) is 6.92 Å². The summed E-state index contributed by atoms with van der Waals surface area (Å²) in [7, 11) is -3.74. The van der Waals surface area contributed by atoms with Crippen LogP contribution >= 0.6 is 0 Å². The van der Waals surface area contributed by atoms with Crippen LogP contribution in [0.3, 0.4) is 0 Å². The minimum Gasteiger partial charge on any atom is -0.326 e. The Morgan fingerprint density at radius 3 is 2.33 bits per heavy atom. The number of carbonyl (C=O) groups is 1. The summed E-state index contributed by atoms with van der Waals surface area (Å²) in [4.78, 5) is 22.4. The second-order valence-corrected chi connectivity index (χ2v) is 7.94. The molecule has 0 saturated heterocycles. The van der Waals surface area contributed by atoms with E-state index < -0.39 is 20.9 Å². The molecule has 2 rings (SSSR count). The highest BCUT2D eigenvalue weighted by atomic mass is 32.2. The number of benzene rings is 2. The molecule has 0 heterocycles. The lowest BCUT2D eigenvalue weighted by atomic mass is 10.1. The Morgan fingerprint density at radius 2 is 1.74 bits per heavy atom. The molecule has 9 heteroatoms. The number of anilines is 1. The summed E-state index contributed by atoms with van der Waals surface area (Å²) >= 11 is 0. The first-order valence-electron chi connectivity index (χ1n) is 8.22. The topological polar surface area (TPSA) is 118 Å². The first-order chi connectivity index (χ1) is 12.6. The Kier molecular flexibility index (Phi) is 6.29. The van der Waals surface area contributed by atoms with E-state index in [2.05, 4.69) is 10.0 Å². The van der Waals surface area contributed by atoms with Gasteiger partial charge in [-0.3, -0.25) is 14.9 Å². The summed E-state index contributed by atoms with van der Waals surface area (Å²) in [5.41, 5.74) is 2.39. The Balaban J connectivity index is 1.98. The maximum absolute atomic E-state index is 12.5. The Morgan fingerprint density at radius 1 is 1.11 bits per heavy atom. The number of nitrogens with zero attached hydrogens (tertiary/aromatic N) is 1. The van der Waals surface area contributed by atoms with E-state index >= 15 is 0 Å². The second kappa shape index (κ2) is 8.28. The molecule has 8 nitrogen and oxygen atoms in total. The van der Waals surface area contributed by atoms with Crippen molar-refractivity contribution in [1.29, 1.82) is 0 Å². The zero-order valence-electron chi connectivity index (χ0n) is 15.3. The number of non-ortho nitro benzene ring substituents is 1. The minimum atomic E-state index is -3.74. The maximum Gasteiger partial charge on any atom is 0.271 e. The van der Waals surface area contributed by atoms with Gasteiger partial charge in [0.1, 0.15) is 0 Å². The van der Waals surface area contributed by atoms with Crippen molar-refractivity contribution in [2.45, 2.75) is 32.1 Å². The third kappa shape index (κ3) is 5.35. The average Bonchev–Trinajstić information content (AvgIpc) is 2.53. The molecule has 0 unspecified atom stereocenters. The molecule has 0 saturated carbocycles. The first kappa shape index (κ1) is 20.5. The van der Waals surface area contributed by atoms with Crippen LogP contribution in [0.1, 0.15) is 23.1 Å². The molecule has 2 aromatic carbocycles. The molecule has 27 heavy (non-hydrogen) atoms. The van der Waals surface area contributed by atoms with Gasteiger partial charge in [0.15, 0.2) is 0 Å². The highest BCUT2D eigenvalue weighted by Crippen LogP contribution is 2.21. The Hall–Kier alpha value is -2.78. The van der Waals surface area contributed by atoms with Gasteiger partial charge in [-0.2, -0.15) is 0 Å². The number of sulfonamides is 1. The van der Waals surface area contributed by atoms with Gasteiger partial charge in [0, 0.05) is 30.8 Å². The zero-order valence-corrected chi connectivity index (χ0v) is 16.1. The van der Waals surface area contributed by atoms with E-state index in [4.69, 9.17) is 0 Å². The first-order valence-corrected chi connectivity index (χ1v) is 9.70. The fourth-order valence-electron chi connectivity index (χ4n) is 2.88. The quantitative estimate of drug-likeness (QED) is 0.556. The number of aryl methyl sites for hydroxylation is 3. The van der Waals surface area contributed by atoms with E-state index in [9.17, 15) is 23.3 Å². The van der Waals surface area contributed by atoms with Crippen LogP contribution in [0.2, 0.25) is 0 Å². The molecule has 0 fully saturated rings. The molecule has 144 valence electrons. The summed E-state index contributed by atoms with van der Waals surface area (Å²) in [6.45, 7) is 5.26. The van der Waals surface area contributed by atoms with Crippen LogP contribution in [0.5, 0.6) is 0 Å². The summed E-state index contributed by atoms with van der Waals surface area (Å²) < 4.78 is 27.5. The molecule has 0 aliphatic heterocycles. The van der Waals surface area contributed by atoms with Gasteiger partial charge in [0.2, 0.25) is 15.9 Å². The van der Waals surface area contributed by atoms with Crippen LogP contribution in [0.25, 0.3) is 0 Å². The summed E-state index contributed by atoms with van der Waals surface area (Å²) in [5, 5.41) is 13.3. The number of carbonyl (C=O) groups excluding carboxylic acids is 1. The number of nitro groups is 1. The average molecular weight is 391 g/mol. The van der Waals surface area contributed by atoms with Gasteiger partial charge in [0.05, 0.1) is 9.82 Å². The summed E-state index contributed by atoms with van der Waals surface area (Å²) in [6.07, 6.45) is -0.105. The van der Waals surface area contributed by atoms with Crippen LogP contribution in [-0.2, 0) is 14.8 Å². The molecule has 2 N–H and O–H groups in total. The monoisotopic (exact) mass is 391 g/mol. The molecule has 0 bridgehead atoms. The Bertz CT molecular complexity index is 963. The fraction of sp³-hybridized carbons (Fsp3) is 0.278. The maximum atomic E-state index is 12.5. The van der Waals surface area contributed by atoms with Crippen molar-refractivity contribution in [3.05, 3.63) is 63.2 Å². The molecule has 0 spiro atoms. The molecule has 0 atom stereocenters. The van der Waals surface area contributed by atoms with Gasteiger partial charge < -0.3 is 5.32 Å². The molecule has 0 aliphatic carbocycles. The smallest absolute Gasteiger partial charge is 0.271 e. The van der Waals surface area contributed by atoms with Crippen molar-refractivity contribution < 1.29 is 18.1 Å². The lowest BCUT2D eigenvalue weighted by Gasteiger charge is -2.13. The highest BCUT2D eigenvalue weighted by molar-refractivity contribution is 7.89. The predicted molar refractivity (Wildman–Crippen MR) is 102 cm³/mol. The molecule has 2 aromatic rings. The van der Waals surface area contributed by atoms with Crippen molar-refractivity contribution >= 4 is 27.3 Å². The normalized spacial score (nSPS) is 11.2. The van der Waals surface area contributed by atoms with E-state index in [-0.39, 0.29) is 29.2 Å². The standard InChI is InChI=1S/C18H21N3O5S/c1-12-9-13(2)18(14(3)10-12)27(25,26)19-8-7-17(22)20-15-5-4-6-16(11-15)21(23)24/h4-6,9-11,19H,7-8H2,1-3H3,(H,20,22). The second-order valence-electron chi connectivity index (χ2n) is 6.23. The van der Waals surface area contributed by atoms with Gasteiger partial charge in [-0.05, 0) is 38.0 Å². The number of rotatable bonds is 7. The van der Waals surface area contributed by atoms with E-state index in [1.54, 1.807) is 26.0 Å². The SMILES string of the molecule is Cc1cc(C)c(S(=O)(=O)NCCC(=O)Nc2cccc([N+](=O)[O-])c2)c(C)c1. The molecule has 0 radical (unpaired) electrons. The third-order valence-electron chi connectivity index (χ3n) is 3.86. The summed E-state index contributed by atoms with van der Waals surface area (Å²) in [6, 6.07) is 9.11. The lowest BCUT2D eigenvalue weighted by Crippen LogP contribution is -2.29. The van der Waals surface area contributed by atoms with E-state index in [0.717, 1.165) is 5.56 Å². The predicted octanol–water partition coefficient (Wildman–Crippen LogP) is 2.83. The van der Waals surface area contributed by atoms with Crippen molar-refractivity contribution in [2.75, 3.05) is 11.9 Å². The third-order valence-corrected chi connectivity index (χ3v) is 5.62. The highest BCUT2D eigenvalue weighted by Gasteiger charge is 2.20. The molecule has 1 amide bonds. The van der Waals surface area contributed by atoms with Crippen molar-refractivity contribution in [3.63, 3.8) is 0 Å². The van der Waals surface area contributed by atoms with Crippen LogP contribution < -0.4 is 10.0 Å². The van der Waals surface area contributed by atoms with Gasteiger partial charge in [-0.15, -0.1) is 0 Å². The molecular formula is C18H21N3O5S. The number of hydrogen-bond donors (Lipinski definition) is 2. The number of hydrogen-bond acceptors (Lipinski definition) is 5. The largest absolute Gasteiger partial charge is 0.326 e. The number of nitro benzene ring substituents is 1. The zero-order chi connectivity index (χ0) is 20.2. The van der Waals surface area contributed by atoms with Crippen LogP contribution in [0.4, 0.5) is 11.4 Å². The Labute approximate surface area is 157 Å². The fourth-order valence-corrected chi connectivity index (χ4v) is 4.36. The van der Waals surface area contributed by atoms with E-state index in [0.29, 0.717) is 11.1 Å². The number of nitrogens with one attached hydrogen (secondary N) is 2. The lowest BCUT2D eigenvalue weighted by molar-refractivity contribution is -0.384. The van der Waals surface area contributed by atoms with Crippen LogP contribution in [-0.4, -0.2) is 25.8 Å². The van der Waals surface area contributed by atoms with Crippen molar-refractivity contribution in [3.8, 4) is 0 Å². The molecule has 0 aliphatic rings. The van der Waals surface area contributed by atoms with Crippen LogP contribution in [0.15, 0.2) is 41.3 Å².